The molecule has 6 nitrogen and oxygen atoms in total. The van der Waals surface area contributed by atoms with Crippen LogP contribution in [0.3, 0.4) is 0 Å². The molecule has 1 fully saturated rings. The van der Waals surface area contributed by atoms with Crippen LogP contribution in [0, 0.1) is 5.92 Å². The van der Waals surface area contributed by atoms with Crippen molar-refractivity contribution in [1.82, 2.24) is 19.8 Å². The molecule has 27 heavy (non-hydrogen) atoms. The minimum Gasteiger partial charge on any atom is -0.342 e. The van der Waals surface area contributed by atoms with Gasteiger partial charge in [0.2, 0.25) is 11.8 Å². The van der Waals surface area contributed by atoms with Crippen molar-refractivity contribution in [3.8, 4) is 0 Å². The van der Waals surface area contributed by atoms with E-state index in [4.69, 9.17) is 0 Å². The van der Waals surface area contributed by atoms with Crippen molar-refractivity contribution >= 4 is 11.8 Å². The van der Waals surface area contributed by atoms with Gasteiger partial charge in [-0.1, -0.05) is 30.3 Å². The smallest absolute Gasteiger partial charge is 0.226 e. The van der Waals surface area contributed by atoms with Gasteiger partial charge in [0.15, 0.2) is 0 Å². The van der Waals surface area contributed by atoms with E-state index < -0.39 is 0 Å². The second-order valence-corrected chi connectivity index (χ2v) is 7.08. The highest BCUT2D eigenvalue weighted by Gasteiger charge is 2.31. The predicted octanol–water partition coefficient (Wildman–Crippen LogP) is 2.48. The van der Waals surface area contributed by atoms with Crippen LogP contribution in [0.5, 0.6) is 0 Å². The largest absolute Gasteiger partial charge is 0.342 e. The normalized spacial score (nSPS) is 16.0. The highest BCUT2D eigenvalue weighted by molar-refractivity contribution is 5.81. The van der Waals surface area contributed by atoms with Gasteiger partial charge < -0.3 is 9.80 Å². The molecule has 2 aromatic rings. The number of benzene rings is 1. The van der Waals surface area contributed by atoms with Gasteiger partial charge in [-0.3, -0.25) is 9.59 Å². The zero-order chi connectivity index (χ0) is 19.2. The van der Waals surface area contributed by atoms with Crippen LogP contribution in [-0.2, 0) is 16.0 Å². The average Bonchev–Trinajstić information content (AvgIpc) is 2.73. The Kier molecular flexibility index (Phi) is 6.16. The minimum atomic E-state index is -0.0988. The van der Waals surface area contributed by atoms with Crippen molar-refractivity contribution in [2.24, 2.45) is 5.92 Å². The Morgan fingerprint density at radius 3 is 2.52 bits per heavy atom. The standard InChI is InChI=1S/C21H26N4O2/c1-16(19-8-11-22-15-23-19)24(2)21(27)18-9-12-25(13-10-18)20(26)14-17-6-4-3-5-7-17/h3-8,11,15-16,18H,9-10,12-14H2,1-2H3/t16-/m1/s1. The minimum absolute atomic E-state index is 0.0416. The van der Waals surface area contributed by atoms with E-state index in [9.17, 15) is 9.59 Å². The van der Waals surface area contributed by atoms with Gasteiger partial charge in [-0.25, -0.2) is 9.97 Å². The molecular weight excluding hydrogens is 340 g/mol. The molecule has 142 valence electrons. The number of carbonyl (C=O) groups excluding carboxylic acids is 2. The quantitative estimate of drug-likeness (QED) is 0.815. The van der Waals surface area contributed by atoms with Crippen LogP contribution in [0.15, 0.2) is 48.9 Å². The number of rotatable bonds is 5. The van der Waals surface area contributed by atoms with Gasteiger partial charge in [-0.2, -0.15) is 0 Å². The van der Waals surface area contributed by atoms with Crippen molar-refractivity contribution in [3.63, 3.8) is 0 Å². The average molecular weight is 366 g/mol. The fourth-order valence-corrected chi connectivity index (χ4v) is 3.48. The Labute approximate surface area is 160 Å². The number of aromatic nitrogens is 2. The number of hydrogen-bond acceptors (Lipinski definition) is 4. The fourth-order valence-electron chi connectivity index (χ4n) is 3.48. The Morgan fingerprint density at radius 2 is 1.89 bits per heavy atom. The first-order chi connectivity index (χ1) is 13.1. The molecule has 1 aromatic heterocycles. The first-order valence-corrected chi connectivity index (χ1v) is 9.40. The van der Waals surface area contributed by atoms with E-state index in [1.165, 1.54) is 6.33 Å². The first-order valence-electron chi connectivity index (χ1n) is 9.40. The third-order valence-corrected chi connectivity index (χ3v) is 5.36. The molecular formula is C21H26N4O2. The van der Waals surface area contributed by atoms with Crippen molar-refractivity contribution in [3.05, 3.63) is 60.2 Å². The highest BCUT2D eigenvalue weighted by atomic mass is 16.2. The summed E-state index contributed by atoms with van der Waals surface area (Å²) in [6.07, 6.45) is 5.03. The number of likely N-dealkylation sites (tertiary alicyclic amines) is 1. The fraction of sp³-hybridized carbons (Fsp3) is 0.429. The molecule has 1 aliphatic rings. The van der Waals surface area contributed by atoms with Crippen LogP contribution >= 0.6 is 0 Å². The molecule has 1 aliphatic heterocycles. The molecule has 0 aliphatic carbocycles. The van der Waals surface area contributed by atoms with Crippen LogP contribution < -0.4 is 0 Å². The van der Waals surface area contributed by atoms with E-state index in [0.29, 0.717) is 32.4 Å². The van der Waals surface area contributed by atoms with Crippen molar-refractivity contribution in [1.29, 1.82) is 0 Å². The maximum atomic E-state index is 12.9. The van der Waals surface area contributed by atoms with Gasteiger partial charge >= 0.3 is 0 Å². The first kappa shape index (κ1) is 19.0. The summed E-state index contributed by atoms with van der Waals surface area (Å²) >= 11 is 0. The zero-order valence-corrected chi connectivity index (χ0v) is 15.9. The highest BCUT2D eigenvalue weighted by Crippen LogP contribution is 2.24. The van der Waals surface area contributed by atoms with Gasteiger partial charge in [0, 0.05) is 32.3 Å². The molecule has 0 bridgehead atoms. The number of amides is 2. The maximum Gasteiger partial charge on any atom is 0.226 e. The lowest BCUT2D eigenvalue weighted by atomic mass is 9.94. The van der Waals surface area contributed by atoms with E-state index in [2.05, 4.69) is 9.97 Å². The van der Waals surface area contributed by atoms with Gasteiger partial charge in [-0.15, -0.1) is 0 Å². The molecule has 1 saturated heterocycles. The molecule has 3 rings (SSSR count). The summed E-state index contributed by atoms with van der Waals surface area (Å²) < 4.78 is 0. The second kappa shape index (κ2) is 8.75. The molecule has 0 spiro atoms. The SMILES string of the molecule is C[C@H](c1ccncn1)N(C)C(=O)C1CCN(C(=O)Cc2ccccc2)CC1. The summed E-state index contributed by atoms with van der Waals surface area (Å²) in [5.74, 6) is 0.214. The van der Waals surface area contributed by atoms with E-state index in [0.717, 1.165) is 11.3 Å². The van der Waals surface area contributed by atoms with E-state index in [1.54, 1.807) is 11.1 Å². The Hall–Kier alpha value is -2.76. The lowest BCUT2D eigenvalue weighted by Crippen LogP contribution is -2.44. The summed E-state index contributed by atoms with van der Waals surface area (Å²) in [5.41, 5.74) is 1.86. The van der Waals surface area contributed by atoms with Gasteiger partial charge in [0.25, 0.3) is 0 Å². The van der Waals surface area contributed by atoms with Crippen LogP contribution in [-0.4, -0.2) is 51.7 Å². The third-order valence-electron chi connectivity index (χ3n) is 5.36. The van der Waals surface area contributed by atoms with Crippen LogP contribution in [0.4, 0.5) is 0 Å². The summed E-state index contributed by atoms with van der Waals surface area (Å²) in [4.78, 5) is 37.2. The summed E-state index contributed by atoms with van der Waals surface area (Å²) in [6, 6.07) is 11.5. The molecule has 0 N–H and O–H groups in total. The number of carbonyl (C=O) groups is 2. The van der Waals surface area contributed by atoms with Crippen LogP contribution in [0.2, 0.25) is 0 Å². The molecule has 1 aromatic carbocycles. The zero-order valence-electron chi connectivity index (χ0n) is 15.9. The van der Waals surface area contributed by atoms with Crippen LogP contribution in [0.25, 0.3) is 0 Å². The maximum absolute atomic E-state index is 12.9. The monoisotopic (exact) mass is 366 g/mol. The van der Waals surface area contributed by atoms with Crippen molar-refractivity contribution < 1.29 is 9.59 Å². The number of hydrogen-bond donors (Lipinski definition) is 0. The summed E-state index contributed by atoms with van der Waals surface area (Å²) in [6.45, 7) is 3.24. The summed E-state index contributed by atoms with van der Waals surface area (Å²) in [7, 11) is 1.82. The molecule has 1 atom stereocenters. The predicted molar refractivity (Wildman–Crippen MR) is 103 cm³/mol. The van der Waals surface area contributed by atoms with E-state index >= 15 is 0 Å². The van der Waals surface area contributed by atoms with Gasteiger partial charge in [-0.05, 0) is 31.4 Å². The molecule has 2 heterocycles. The topological polar surface area (TPSA) is 66.4 Å². The number of nitrogens with zero attached hydrogens (tertiary/aromatic N) is 4. The molecule has 2 amide bonds. The third kappa shape index (κ3) is 4.70. The van der Waals surface area contributed by atoms with E-state index in [1.807, 2.05) is 55.3 Å². The van der Waals surface area contributed by atoms with E-state index in [-0.39, 0.29) is 23.8 Å². The molecule has 0 unspecified atom stereocenters. The van der Waals surface area contributed by atoms with Gasteiger partial charge in [0.05, 0.1) is 18.2 Å². The van der Waals surface area contributed by atoms with Crippen LogP contribution in [0.1, 0.15) is 37.1 Å². The molecule has 0 saturated carbocycles. The Bertz CT molecular complexity index is 758. The summed E-state index contributed by atoms with van der Waals surface area (Å²) in [5, 5.41) is 0. The Morgan fingerprint density at radius 1 is 1.19 bits per heavy atom. The van der Waals surface area contributed by atoms with Crippen molar-refractivity contribution in [2.75, 3.05) is 20.1 Å². The number of piperidine rings is 1. The lowest BCUT2D eigenvalue weighted by molar-refractivity contribution is -0.141. The van der Waals surface area contributed by atoms with Gasteiger partial charge in [0.1, 0.15) is 6.33 Å². The molecule has 0 radical (unpaired) electrons. The lowest BCUT2D eigenvalue weighted by Gasteiger charge is -2.35. The molecule has 6 heteroatoms. The Balaban J connectivity index is 1.52. The van der Waals surface area contributed by atoms with Crippen molar-refractivity contribution in [2.45, 2.75) is 32.2 Å². The second-order valence-electron chi connectivity index (χ2n) is 7.08.